The van der Waals surface area contributed by atoms with Crippen LogP contribution in [0.2, 0.25) is 0 Å². The summed E-state index contributed by atoms with van der Waals surface area (Å²) in [6.45, 7) is 3.16. The molecular weight excluding hydrogens is 666 g/mol. The Morgan fingerprint density at radius 3 is 2.29 bits per heavy atom. The van der Waals surface area contributed by atoms with E-state index in [0.29, 0.717) is 13.1 Å². The second-order valence-electron chi connectivity index (χ2n) is 15.5. The first kappa shape index (κ1) is 36.7. The predicted molar refractivity (Wildman–Crippen MR) is 176 cm³/mol. The van der Waals surface area contributed by atoms with Gasteiger partial charge in [0.25, 0.3) is 0 Å². The van der Waals surface area contributed by atoms with Crippen LogP contribution in [-0.4, -0.2) is 145 Å². The molecule has 1 saturated heterocycles. The molecule has 14 nitrogen and oxygen atoms in total. The van der Waals surface area contributed by atoms with Crippen molar-refractivity contribution in [2.75, 3.05) is 48.1 Å². The number of likely N-dealkylation sites (tertiary alicyclic amines) is 1. The van der Waals surface area contributed by atoms with Crippen LogP contribution in [0.3, 0.4) is 0 Å². The molecule has 7 rings (SSSR count). The number of carbonyl (C=O) groups excluding carboxylic acids is 2. The smallest absolute Gasteiger partial charge is 0.338 e. The van der Waals surface area contributed by atoms with Crippen molar-refractivity contribution in [3.8, 4) is 0 Å². The third-order valence-electron chi connectivity index (χ3n) is 13.9. The Bertz CT molecular complexity index is 1510. The van der Waals surface area contributed by atoms with Crippen molar-refractivity contribution in [3.05, 3.63) is 35.9 Å². The molecule has 7 bridgehead atoms. The zero-order chi connectivity index (χ0) is 36.7. The van der Waals surface area contributed by atoms with Gasteiger partial charge in [-0.25, -0.2) is 4.79 Å². The number of piperidine rings is 1. The van der Waals surface area contributed by atoms with Gasteiger partial charge in [-0.15, -0.1) is 0 Å². The standard InChI is InChI=1S/C37H51NO13/c1-6-38-17-34(18-46-2)21(39)15-22(47-3)36-20-16-35(45)31(50-33(44)19-11-8-7-9-12-19)25(20)37(30(43)32(35)49-5,51-24(42)14-10-13-23(40)41)26(29(36)38)27(48-4)28(34)36/h7-9,11-12,20-22,25-32,39,43,45H,6,10,13-18H2,1-5H3,(H,40,41)/t20-,21-,22+,25-,26-,27+,28-,29-,30+,31-,32+,34+,35-,36+,37-/m1/s1. The summed E-state index contributed by atoms with van der Waals surface area (Å²) in [5.74, 6) is -5.30. The third kappa shape index (κ3) is 4.66. The lowest BCUT2D eigenvalue weighted by Gasteiger charge is -2.70. The number of aliphatic hydroxyl groups is 3. The lowest BCUT2D eigenvalue weighted by molar-refractivity contribution is -0.323. The maximum atomic E-state index is 14.0. The molecule has 5 saturated carbocycles. The monoisotopic (exact) mass is 717 g/mol. The fourth-order valence-corrected chi connectivity index (χ4v) is 12.7. The predicted octanol–water partition coefficient (Wildman–Crippen LogP) is 0.883. The zero-order valence-corrected chi connectivity index (χ0v) is 29.8. The van der Waals surface area contributed by atoms with Crippen molar-refractivity contribution in [1.82, 2.24) is 4.90 Å². The molecule has 6 fully saturated rings. The van der Waals surface area contributed by atoms with Crippen molar-refractivity contribution >= 4 is 17.9 Å². The van der Waals surface area contributed by atoms with Crippen LogP contribution in [0.5, 0.6) is 0 Å². The Morgan fingerprint density at radius 2 is 1.69 bits per heavy atom. The van der Waals surface area contributed by atoms with Crippen molar-refractivity contribution in [1.29, 1.82) is 0 Å². The number of carboxylic acids is 1. The molecular formula is C37H51NO13. The van der Waals surface area contributed by atoms with Gasteiger partial charge in [-0.3, -0.25) is 14.5 Å². The van der Waals surface area contributed by atoms with E-state index in [-0.39, 0.29) is 44.3 Å². The fourth-order valence-electron chi connectivity index (χ4n) is 12.7. The first-order valence-electron chi connectivity index (χ1n) is 18.0. The number of methoxy groups -OCH3 is 4. The minimum absolute atomic E-state index is 0.00282. The number of hydrogen-bond donors (Lipinski definition) is 4. The highest BCUT2D eigenvalue weighted by Gasteiger charge is 2.92. The summed E-state index contributed by atoms with van der Waals surface area (Å²) < 4.78 is 37.7. The molecule has 0 aromatic heterocycles. The number of carbonyl (C=O) groups is 3. The van der Waals surface area contributed by atoms with Gasteiger partial charge in [0.1, 0.15) is 23.9 Å². The first-order chi connectivity index (χ1) is 24.4. The molecule has 0 unspecified atom stereocenters. The number of carboxylic acid groups (broad SMARTS) is 1. The highest BCUT2D eigenvalue weighted by Crippen LogP contribution is 2.80. The molecule has 1 aromatic carbocycles. The Hall–Kier alpha value is -2.69. The fraction of sp³-hybridized carbons (Fsp3) is 0.757. The van der Waals surface area contributed by atoms with Crippen molar-refractivity contribution in [2.24, 2.45) is 34.5 Å². The largest absolute Gasteiger partial charge is 0.481 e. The van der Waals surface area contributed by atoms with Crippen molar-refractivity contribution < 1.29 is 63.2 Å². The molecule has 0 radical (unpaired) electrons. The van der Waals surface area contributed by atoms with E-state index in [9.17, 15) is 34.8 Å². The summed E-state index contributed by atoms with van der Waals surface area (Å²) in [5.41, 5.74) is -5.24. The van der Waals surface area contributed by atoms with Gasteiger partial charge in [0.15, 0.2) is 5.60 Å². The Balaban J connectivity index is 1.49. The molecule has 5 aliphatic carbocycles. The molecule has 0 amide bonds. The van der Waals surface area contributed by atoms with Gasteiger partial charge in [-0.05, 0) is 37.4 Å². The minimum atomic E-state index is -1.92. The number of benzene rings is 1. The summed E-state index contributed by atoms with van der Waals surface area (Å²) in [7, 11) is 6.13. The average Bonchev–Trinajstić information content (AvgIpc) is 3.48. The lowest BCUT2D eigenvalue weighted by Crippen LogP contribution is -2.81. The second-order valence-corrected chi connectivity index (χ2v) is 15.5. The zero-order valence-electron chi connectivity index (χ0n) is 29.8. The quantitative estimate of drug-likeness (QED) is 0.210. The number of ether oxygens (including phenoxy) is 6. The number of fused-ring (bicyclic) bond motifs is 2. The van der Waals surface area contributed by atoms with Crippen LogP contribution in [0.15, 0.2) is 30.3 Å². The van der Waals surface area contributed by atoms with Gasteiger partial charge >= 0.3 is 17.9 Å². The molecule has 6 aliphatic rings. The summed E-state index contributed by atoms with van der Waals surface area (Å²) in [6, 6.07) is 7.94. The van der Waals surface area contributed by atoms with Crippen LogP contribution < -0.4 is 0 Å². The molecule has 51 heavy (non-hydrogen) atoms. The highest BCUT2D eigenvalue weighted by atomic mass is 16.6. The maximum Gasteiger partial charge on any atom is 0.338 e. The Labute approximate surface area is 297 Å². The lowest BCUT2D eigenvalue weighted by atomic mass is 9.42. The number of rotatable bonds is 13. The van der Waals surface area contributed by atoms with E-state index in [1.54, 1.807) is 51.7 Å². The van der Waals surface area contributed by atoms with Gasteiger partial charge in [-0.1, -0.05) is 25.1 Å². The topological polar surface area (TPSA) is 191 Å². The molecule has 15 atom stereocenters. The van der Waals surface area contributed by atoms with Crippen LogP contribution in [-0.2, 0) is 38.0 Å². The van der Waals surface area contributed by atoms with E-state index < -0.39 is 106 Å². The van der Waals surface area contributed by atoms with E-state index in [1.807, 2.05) is 6.92 Å². The molecule has 1 spiro atoms. The van der Waals surface area contributed by atoms with Crippen LogP contribution in [0.4, 0.5) is 0 Å². The average molecular weight is 718 g/mol. The van der Waals surface area contributed by atoms with E-state index in [1.165, 1.54) is 7.11 Å². The van der Waals surface area contributed by atoms with Crippen molar-refractivity contribution in [3.63, 3.8) is 0 Å². The molecule has 282 valence electrons. The number of nitrogens with zero attached hydrogens (tertiary/aromatic N) is 1. The molecule has 4 N–H and O–H groups in total. The number of esters is 2. The molecule has 1 aromatic rings. The summed E-state index contributed by atoms with van der Waals surface area (Å²) >= 11 is 0. The first-order valence-corrected chi connectivity index (χ1v) is 18.0. The van der Waals surface area contributed by atoms with Crippen LogP contribution in [0, 0.1) is 34.5 Å². The minimum Gasteiger partial charge on any atom is -0.481 e. The molecule has 1 heterocycles. The van der Waals surface area contributed by atoms with Gasteiger partial charge < -0.3 is 48.8 Å². The molecule has 14 heteroatoms. The van der Waals surface area contributed by atoms with Gasteiger partial charge in [0.2, 0.25) is 0 Å². The highest BCUT2D eigenvalue weighted by molar-refractivity contribution is 5.89. The van der Waals surface area contributed by atoms with E-state index in [4.69, 9.17) is 28.4 Å². The van der Waals surface area contributed by atoms with Crippen LogP contribution in [0.1, 0.15) is 49.4 Å². The normalized spacial score (nSPS) is 46.1. The molecule has 1 aliphatic heterocycles. The second kappa shape index (κ2) is 13.0. The SMILES string of the molecule is CCN1C[C@]2(COC)[C@H](O)C[C@H](OC)[C@@]34[C@@H]5C[C@@]6(O)[C@H](OC(=O)c7ccccc7)[C@@H]5[C@@](OC(=O)CCCC(=O)O)([C@H]([C@H](OC)[C@H]23)[C@@H]14)[C@@H](O)[C@@H]6OC. The van der Waals surface area contributed by atoms with E-state index >= 15 is 0 Å². The van der Waals surface area contributed by atoms with Crippen molar-refractivity contribution in [2.45, 2.75) is 92.9 Å². The van der Waals surface area contributed by atoms with Crippen LogP contribution in [0.25, 0.3) is 0 Å². The number of hydrogen-bond acceptors (Lipinski definition) is 13. The Morgan fingerprint density at radius 1 is 0.961 bits per heavy atom. The van der Waals surface area contributed by atoms with Gasteiger partial charge in [-0.2, -0.15) is 0 Å². The van der Waals surface area contributed by atoms with Crippen LogP contribution >= 0.6 is 0 Å². The summed E-state index contributed by atoms with van der Waals surface area (Å²) in [5, 5.41) is 47.0. The number of aliphatic hydroxyl groups excluding tert-OH is 2. The van der Waals surface area contributed by atoms with Gasteiger partial charge in [0.05, 0.1) is 30.5 Å². The third-order valence-corrected chi connectivity index (χ3v) is 13.9. The van der Waals surface area contributed by atoms with E-state index in [2.05, 4.69) is 4.90 Å². The number of aliphatic carboxylic acids is 1. The summed E-state index contributed by atoms with van der Waals surface area (Å²) in [6.07, 6.45) is -6.67. The van der Waals surface area contributed by atoms with E-state index in [0.717, 1.165) is 0 Å². The summed E-state index contributed by atoms with van der Waals surface area (Å²) in [4.78, 5) is 41.6. The maximum absolute atomic E-state index is 14.0. The Kier molecular flexibility index (Phi) is 9.35. The van der Waals surface area contributed by atoms with Gasteiger partial charge in [0, 0.05) is 88.9 Å².